The van der Waals surface area contributed by atoms with E-state index in [1.165, 1.54) is 11.6 Å². The van der Waals surface area contributed by atoms with E-state index < -0.39 is 0 Å². The lowest BCUT2D eigenvalue weighted by Crippen LogP contribution is -2.42. The lowest BCUT2D eigenvalue weighted by Gasteiger charge is -2.39. The van der Waals surface area contributed by atoms with E-state index in [-0.39, 0.29) is 29.1 Å². The molecule has 208 valence electrons. The van der Waals surface area contributed by atoms with Crippen molar-refractivity contribution in [2.24, 2.45) is 5.41 Å². The van der Waals surface area contributed by atoms with E-state index in [4.69, 9.17) is 23.2 Å². The predicted molar refractivity (Wildman–Crippen MR) is 155 cm³/mol. The van der Waals surface area contributed by atoms with Crippen LogP contribution >= 0.6 is 23.2 Å². The van der Waals surface area contributed by atoms with Gasteiger partial charge in [0.1, 0.15) is 5.82 Å². The molecule has 2 saturated heterocycles. The van der Waals surface area contributed by atoms with Crippen LogP contribution in [-0.4, -0.2) is 47.8 Å². The molecule has 3 aliphatic rings. The molecule has 2 fully saturated rings. The summed E-state index contributed by atoms with van der Waals surface area (Å²) in [4.78, 5) is 30.7. The zero-order valence-corrected chi connectivity index (χ0v) is 23.8. The number of amides is 2. The van der Waals surface area contributed by atoms with Crippen molar-refractivity contribution in [1.29, 1.82) is 0 Å². The van der Waals surface area contributed by atoms with Crippen molar-refractivity contribution in [3.05, 3.63) is 104 Å². The first kappa shape index (κ1) is 27.3. The van der Waals surface area contributed by atoms with Crippen LogP contribution in [0.4, 0.5) is 4.39 Å². The van der Waals surface area contributed by atoms with Crippen molar-refractivity contribution >= 4 is 35.0 Å². The highest BCUT2D eigenvalue weighted by Crippen LogP contribution is 2.42. The first-order valence-electron chi connectivity index (χ1n) is 13.9. The molecule has 1 N–H and O–H groups in total. The van der Waals surface area contributed by atoms with Crippen LogP contribution in [0.3, 0.4) is 0 Å². The summed E-state index contributed by atoms with van der Waals surface area (Å²) in [6, 6.07) is 17.6. The highest BCUT2D eigenvalue weighted by molar-refractivity contribution is 6.33. The van der Waals surface area contributed by atoms with Gasteiger partial charge in [-0.05, 0) is 98.1 Å². The van der Waals surface area contributed by atoms with E-state index in [1.807, 2.05) is 23.1 Å². The average molecular weight is 581 g/mol. The topological polar surface area (TPSA) is 52.7 Å². The molecule has 2 amide bonds. The molecule has 5 nitrogen and oxygen atoms in total. The molecule has 6 rings (SSSR count). The zero-order valence-electron chi connectivity index (χ0n) is 22.3. The van der Waals surface area contributed by atoms with Gasteiger partial charge in [0, 0.05) is 35.8 Å². The molecule has 0 radical (unpaired) electrons. The molecule has 0 bridgehead atoms. The molecule has 0 saturated carbocycles. The number of halogens is 3. The number of aryl methyl sites for hydroxylation is 1. The summed E-state index contributed by atoms with van der Waals surface area (Å²) >= 11 is 12.5. The van der Waals surface area contributed by atoms with Crippen molar-refractivity contribution in [2.75, 3.05) is 26.2 Å². The standard InChI is InChI=1S/C32H32Cl2FN3O2/c33-26-5-2-1-4-23(26)30(39)36-29-11-10-21-8-9-22(18-24(21)29)31(40)38-17-14-32(20-38)12-15-37(16-13-32)19-25-27(34)6-3-7-28(25)35/h1-9,18,29H,10-17,19-20H2,(H,36,39). The van der Waals surface area contributed by atoms with Crippen molar-refractivity contribution in [3.63, 3.8) is 0 Å². The number of benzene rings is 3. The minimum atomic E-state index is -0.259. The Morgan fingerprint density at radius 1 is 0.950 bits per heavy atom. The van der Waals surface area contributed by atoms with Gasteiger partial charge in [-0.2, -0.15) is 0 Å². The average Bonchev–Trinajstić information content (AvgIpc) is 3.56. The normalized spacial score (nSPS) is 20.1. The second kappa shape index (κ2) is 11.2. The van der Waals surface area contributed by atoms with Crippen molar-refractivity contribution in [1.82, 2.24) is 15.1 Å². The van der Waals surface area contributed by atoms with Crippen LogP contribution in [0.5, 0.6) is 0 Å². The zero-order chi connectivity index (χ0) is 27.9. The Balaban J connectivity index is 1.09. The minimum Gasteiger partial charge on any atom is -0.345 e. The maximum atomic E-state index is 14.3. The number of fused-ring (bicyclic) bond motifs is 1. The summed E-state index contributed by atoms with van der Waals surface area (Å²) in [5.41, 5.74) is 3.97. The molecule has 2 heterocycles. The Morgan fingerprint density at radius 2 is 1.70 bits per heavy atom. The third kappa shape index (κ3) is 5.37. The molecule has 3 aromatic rings. The van der Waals surface area contributed by atoms with Crippen LogP contribution in [0.25, 0.3) is 0 Å². The molecular weight excluding hydrogens is 548 g/mol. The number of carbonyl (C=O) groups is 2. The maximum Gasteiger partial charge on any atom is 0.253 e. The molecule has 3 aromatic carbocycles. The van der Waals surface area contributed by atoms with E-state index in [0.29, 0.717) is 33.3 Å². The summed E-state index contributed by atoms with van der Waals surface area (Å²) in [6.07, 6.45) is 4.59. The molecule has 40 heavy (non-hydrogen) atoms. The van der Waals surface area contributed by atoms with E-state index >= 15 is 0 Å². The first-order chi connectivity index (χ1) is 19.3. The molecule has 8 heteroatoms. The van der Waals surface area contributed by atoms with Gasteiger partial charge >= 0.3 is 0 Å². The number of nitrogens with one attached hydrogen (secondary N) is 1. The van der Waals surface area contributed by atoms with Crippen LogP contribution < -0.4 is 5.32 Å². The number of rotatable bonds is 5. The van der Waals surface area contributed by atoms with E-state index in [0.717, 1.165) is 63.8 Å². The maximum absolute atomic E-state index is 14.3. The minimum absolute atomic E-state index is 0.0447. The van der Waals surface area contributed by atoms with Gasteiger partial charge in [0.15, 0.2) is 0 Å². The van der Waals surface area contributed by atoms with Gasteiger partial charge in [-0.3, -0.25) is 14.5 Å². The number of likely N-dealkylation sites (tertiary alicyclic amines) is 2. The second-order valence-electron chi connectivity index (χ2n) is 11.4. The molecular formula is C32H32Cl2FN3O2. The Hall–Kier alpha value is -2.93. The lowest BCUT2D eigenvalue weighted by atomic mass is 9.77. The number of hydrogen-bond donors (Lipinski definition) is 1. The SMILES string of the molecule is O=C(NC1CCc2ccc(C(=O)N3CCC4(CCN(Cc5c(F)cccc5Cl)CC4)C3)cc21)c1ccccc1Cl. The monoisotopic (exact) mass is 579 g/mol. The largest absolute Gasteiger partial charge is 0.345 e. The lowest BCUT2D eigenvalue weighted by molar-refractivity contribution is 0.0712. The summed E-state index contributed by atoms with van der Waals surface area (Å²) < 4.78 is 14.3. The van der Waals surface area contributed by atoms with Crippen LogP contribution in [0.2, 0.25) is 10.0 Å². The number of hydrogen-bond acceptors (Lipinski definition) is 3. The molecule has 1 unspecified atom stereocenters. The first-order valence-corrected chi connectivity index (χ1v) is 14.7. The summed E-state index contributed by atoms with van der Waals surface area (Å²) in [5, 5.41) is 4.01. The molecule has 1 atom stereocenters. The smallest absolute Gasteiger partial charge is 0.253 e. The van der Waals surface area contributed by atoms with Gasteiger partial charge in [-0.1, -0.05) is 47.5 Å². The Labute approximate surface area is 244 Å². The molecule has 2 aliphatic heterocycles. The fourth-order valence-corrected chi connectivity index (χ4v) is 7.00. The van der Waals surface area contributed by atoms with Crippen LogP contribution in [-0.2, 0) is 13.0 Å². The van der Waals surface area contributed by atoms with Crippen LogP contribution in [0.1, 0.15) is 69.1 Å². The van der Waals surface area contributed by atoms with Crippen LogP contribution in [0, 0.1) is 11.2 Å². The Bertz CT molecular complexity index is 1430. The third-order valence-corrected chi connectivity index (χ3v) is 9.66. The van der Waals surface area contributed by atoms with Gasteiger partial charge in [-0.25, -0.2) is 4.39 Å². The molecule has 0 aromatic heterocycles. The Morgan fingerprint density at radius 3 is 2.48 bits per heavy atom. The molecule has 1 spiro atoms. The number of carbonyl (C=O) groups excluding carboxylic acids is 2. The van der Waals surface area contributed by atoms with E-state index in [2.05, 4.69) is 10.2 Å². The van der Waals surface area contributed by atoms with Crippen LogP contribution in [0.15, 0.2) is 60.7 Å². The van der Waals surface area contributed by atoms with Gasteiger partial charge in [0.25, 0.3) is 11.8 Å². The fourth-order valence-electron chi connectivity index (χ4n) is 6.56. The summed E-state index contributed by atoms with van der Waals surface area (Å²) in [6.45, 7) is 3.70. The van der Waals surface area contributed by atoms with Gasteiger partial charge in [-0.15, -0.1) is 0 Å². The van der Waals surface area contributed by atoms with Crippen molar-refractivity contribution in [2.45, 2.75) is 44.7 Å². The Kier molecular flexibility index (Phi) is 7.60. The van der Waals surface area contributed by atoms with E-state index in [1.54, 1.807) is 36.4 Å². The summed E-state index contributed by atoms with van der Waals surface area (Å²) in [7, 11) is 0. The number of piperidine rings is 1. The highest BCUT2D eigenvalue weighted by atomic mass is 35.5. The van der Waals surface area contributed by atoms with Gasteiger partial charge in [0.2, 0.25) is 0 Å². The third-order valence-electron chi connectivity index (χ3n) is 8.98. The summed E-state index contributed by atoms with van der Waals surface area (Å²) in [5.74, 6) is -0.418. The van der Waals surface area contributed by atoms with E-state index in [9.17, 15) is 14.0 Å². The highest BCUT2D eigenvalue weighted by Gasteiger charge is 2.42. The number of nitrogens with zero attached hydrogens (tertiary/aromatic N) is 2. The second-order valence-corrected chi connectivity index (χ2v) is 12.2. The predicted octanol–water partition coefficient (Wildman–Crippen LogP) is 6.68. The van der Waals surface area contributed by atoms with Gasteiger partial charge in [0.05, 0.1) is 16.6 Å². The van der Waals surface area contributed by atoms with Gasteiger partial charge < -0.3 is 10.2 Å². The van der Waals surface area contributed by atoms with Crippen molar-refractivity contribution in [3.8, 4) is 0 Å². The van der Waals surface area contributed by atoms with Crippen molar-refractivity contribution < 1.29 is 14.0 Å². The quantitative estimate of drug-likeness (QED) is 0.367. The fraction of sp³-hybridized carbons (Fsp3) is 0.375. The molecule has 1 aliphatic carbocycles.